The number of allylic oxidation sites excluding steroid dienone is 9. The van der Waals surface area contributed by atoms with Gasteiger partial charge in [-0.15, -0.1) is 0 Å². The molecule has 0 heterocycles. The first-order valence-corrected chi connectivity index (χ1v) is 24.0. The second-order valence-electron chi connectivity index (χ2n) is 21.9. The van der Waals surface area contributed by atoms with E-state index in [1.54, 1.807) is 25.0 Å². The third-order valence-electron chi connectivity index (χ3n) is 16.3. The minimum Gasteiger partial charge on any atom is -0.393 e. The number of aliphatic hydroxyl groups is 5. The molecule has 0 aliphatic heterocycles. The fraction of sp³-hybridized carbons (Fsp3) is 0.741. The van der Waals surface area contributed by atoms with Crippen molar-refractivity contribution in [2.24, 2.45) is 52.3 Å². The third-order valence-corrected chi connectivity index (χ3v) is 16.3. The van der Waals surface area contributed by atoms with Crippen LogP contribution in [-0.4, -0.2) is 55.5 Å². The lowest BCUT2D eigenvalue weighted by atomic mass is 9.60. The van der Waals surface area contributed by atoms with Gasteiger partial charge in [-0.3, -0.25) is 0 Å². The van der Waals surface area contributed by atoms with E-state index in [2.05, 4.69) is 91.2 Å². The highest BCUT2D eigenvalue weighted by atomic mass is 16.3. The molecule has 6 unspecified atom stereocenters. The predicted octanol–water partition coefficient (Wildman–Crippen LogP) is 12.1. The summed E-state index contributed by atoms with van der Waals surface area (Å²) >= 11 is 0. The zero-order valence-corrected chi connectivity index (χ0v) is 38.7. The second kappa shape index (κ2) is 20.4. The van der Waals surface area contributed by atoms with Gasteiger partial charge in [-0.25, -0.2) is 0 Å². The van der Waals surface area contributed by atoms with Gasteiger partial charge in [-0.1, -0.05) is 108 Å². The molecule has 0 saturated heterocycles. The highest BCUT2D eigenvalue weighted by Gasteiger charge is 2.51. The van der Waals surface area contributed by atoms with Crippen LogP contribution in [0, 0.1) is 52.3 Å². The number of aliphatic hydroxyl groups excluding tert-OH is 4. The number of rotatable bonds is 11. The molecule has 0 aromatic rings. The van der Waals surface area contributed by atoms with E-state index in [4.69, 9.17) is 0 Å². The van der Waals surface area contributed by atoms with Crippen LogP contribution in [0.1, 0.15) is 171 Å². The fourth-order valence-electron chi connectivity index (χ4n) is 13.1. The van der Waals surface area contributed by atoms with Crippen LogP contribution in [0.3, 0.4) is 0 Å². The smallest absolute Gasteiger partial charge is 0.0811 e. The van der Waals surface area contributed by atoms with E-state index in [-0.39, 0.29) is 6.10 Å². The Morgan fingerprint density at radius 3 is 1.86 bits per heavy atom. The highest BCUT2D eigenvalue weighted by molar-refractivity contribution is 5.39. The van der Waals surface area contributed by atoms with Crippen molar-refractivity contribution in [3.05, 3.63) is 83.1 Å². The van der Waals surface area contributed by atoms with Crippen LogP contribution in [0.4, 0.5) is 0 Å². The van der Waals surface area contributed by atoms with Gasteiger partial charge in [0.1, 0.15) is 0 Å². The Morgan fingerprint density at radius 2 is 1.27 bits per heavy atom. The SMILES string of the molecule is C=C1/C(=C\C=C2/CCCC3(C)C2CC[C@@H]3[C@H](C)/C=C/C(C)C)C[C@@H](O)CC1O.C=C1CC[C@H](O)C/C1=C/C=C1\CCCC2(C)C1CC[C@@H]2[C@H](C)CCC(O)CC(C)(C)O. The van der Waals surface area contributed by atoms with Gasteiger partial charge in [0.2, 0.25) is 0 Å². The van der Waals surface area contributed by atoms with Gasteiger partial charge in [0.25, 0.3) is 0 Å². The van der Waals surface area contributed by atoms with Crippen LogP contribution >= 0.6 is 0 Å². The quantitative estimate of drug-likeness (QED) is 0.134. The van der Waals surface area contributed by atoms with Crippen molar-refractivity contribution >= 4 is 0 Å². The van der Waals surface area contributed by atoms with Gasteiger partial charge < -0.3 is 25.5 Å². The Morgan fingerprint density at radius 1 is 0.712 bits per heavy atom. The van der Waals surface area contributed by atoms with Crippen molar-refractivity contribution in [1.82, 2.24) is 0 Å². The average molecular weight is 815 g/mol. The lowest BCUT2D eigenvalue weighted by Crippen LogP contribution is -2.36. The summed E-state index contributed by atoms with van der Waals surface area (Å²) in [6, 6.07) is 0. The normalized spacial score (nSPS) is 38.5. The minimum atomic E-state index is -0.801. The van der Waals surface area contributed by atoms with E-state index in [9.17, 15) is 25.5 Å². The van der Waals surface area contributed by atoms with Gasteiger partial charge >= 0.3 is 0 Å². The molecule has 0 amide bonds. The van der Waals surface area contributed by atoms with Crippen LogP contribution in [-0.2, 0) is 0 Å². The van der Waals surface area contributed by atoms with Crippen LogP contribution in [0.25, 0.3) is 0 Å². The van der Waals surface area contributed by atoms with Gasteiger partial charge in [-0.2, -0.15) is 0 Å². The van der Waals surface area contributed by atoms with Crippen molar-refractivity contribution in [3.8, 4) is 0 Å². The van der Waals surface area contributed by atoms with Gasteiger partial charge in [-0.05, 0) is 186 Å². The topological polar surface area (TPSA) is 101 Å². The monoisotopic (exact) mass is 815 g/mol. The van der Waals surface area contributed by atoms with E-state index in [0.717, 1.165) is 49.2 Å². The molecule has 5 heteroatoms. The van der Waals surface area contributed by atoms with Crippen LogP contribution in [0.2, 0.25) is 0 Å². The van der Waals surface area contributed by atoms with Gasteiger partial charge in [0, 0.05) is 12.8 Å². The standard InChI is InChI=1S/C28H46O3.C26H40O2/c1-19-8-12-23(29)17-22(19)11-10-21-7-6-16-28(5)25(14-15-26(21)28)20(2)9-13-24(30)18-27(3,4)31;1-17(2)8-9-18(3)23-12-13-24-20(7-6-14-26(23,24)5)10-11-21-15-22(27)16-25(28)19(21)4/h10-11,20,23-26,29-31H,1,6-9,12-18H2,2-5H3;8-11,17-18,22-25,27-28H,4,6-7,12-16H2,1-3,5H3/b21-10+,22-11-;9-8+,20-10+,21-11-/t20-,23+,24?,25-,26?,28?;18-,22-,23-,24?,25?,26?/m11/s1. The van der Waals surface area contributed by atoms with Crippen molar-refractivity contribution in [2.45, 2.75) is 201 Å². The van der Waals surface area contributed by atoms with Crippen molar-refractivity contribution in [1.29, 1.82) is 0 Å². The maximum absolute atomic E-state index is 10.3. The molecule has 5 N–H and O–H groups in total. The number of hydrogen-bond donors (Lipinski definition) is 5. The van der Waals surface area contributed by atoms with Gasteiger partial charge in [0.05, 0.1) is 30.0 Å². The summed E-state index contributed by atoms with van der Waals surface area (Å²) in [7, 11) is 0. The third kappa shape index (κ3) is 12.1. The lowest BCUT2D eigenvalue weighted by molar-refractivity contribution is 0.0106. The number of fused-ring (bicyclic) bond motifs is 2. The molecule has 59 heavy (non-hydrogen) atoms. The van der Waals surface area contributed by atoms with Crippen molar-refractivity contribution in [2.75, 3.05) is 0 Å². The molecule has 0 aromatic carbocycles. The summed E-state index contributed by atoms with van der Waals surface area (Å²) in [5.74, 6) is 4.65. The molecule has 0 spiro atoms. The summed E-state index contributed by atoms with van der Waals surface area (Å²) in [5, 5.41) is 50.5. The van der Waals surface area contributed by atoms with E-state index >= 15 is 0 Å². The van der Waals surface area contributed by atoms with Crippen LogP contribution < -0.4 is 0 Å². The lowest BCUT2D eigenvalue weighted by Gasteiger charge is -2.44. The molecule has 6 aliphatic carbocycles. The molecule has 0 radical (unpaired) electrons. The second-order valence-corrected chi connectivity index (χ2v) is 21.9. The Bertz CT molecular complexity index is 1600. The van der Waals surface area contributed by atoms with Crippen molar-refractivity contribution < 1.29 is 25.5 Å². The van der Waals surface area contributed by atoms with E-state index < -0.39 is 23.9 Å². The van der Waals surface area contributed by atoms with E-state index in [0.29, 0.717) is 65.6 Å². The zero-order valence-electron chi connectivity index (χ0n) is 38.7. The Labute approximate surface area is 360 Å². The maximum Gasteiger partial charge on any atom is 0.0811 e. The molecule has 6 saturated carbocycles. The molecule has 6 fully saturated rings. The average Bonchev–Trinajstić information content (AvgIpc) is 3.71. The molecule has 332 valence electrons. The summed E-state index contributed by atoms with van der Waals surface area (Å²) in [6.07, 6.45) is 30.7. The number of hydrogen-bond acceptors (Lipinski definition) is 5. The molecule has 6 aliphatic rings. The largest absolute Gasteiger partial charge is 0.393 e. The first kappa shape index (κ1) is 48.0. The fourth-order valence-corrected chi connectivity index (χ4v) is 13.1. The molecule has 12 atom stereocenters. The molecule has 5 nitrogen and oxygen atoms in total. The Balaban J connectivity index is 0.000000225. The Kier molecular flexibility index (Phi) is 16.6. The molecule has 6 rings (SSSR count). The van der Waals surface area contributed by atoms with Crippen LogP contribution in [0.15, 0.2) is 83.1 Å². The van der Waals surface area contributed by atoms with Crippen LogP contribution in [0.5, 0.6) is 0 Å². The highest BCUT2D eigenvalue weighted by Crippen LogP contribution is 2.61. The first-order valence-electron chi connectivity index (χ1n) is 24.0. The van der Waals surface area contributed by atoms with E-state index in [1.165, 1.54) is 75.4 Å². The van der Waals surface area contributed by atoms with Crippen molar-refractivity contribution in [3.63, 3.8) is 0 Å². The summed E-state index contributed by atoms with van der Waals surface area (Å²) in [5.41, 5.74) is 7.37. The molecular formula is C54H86O5. The Hall–Kier alpha value is -2.02. The predicted molar refractivity (Wildman–Crippen MR) is 247 cm³/mol. The summed E-state index contributed by atoms with van der Waals surface area (Å²) < 4.78 is 0. The minimum absolute atomic E-state index is 0.213. The maximum atomic E-state index is 10.3. The molecule has 0 aromatic heterocycles. The molecule has 0 bridgehead atoms. The summed E-state index contributed by atoms with van der Waals surface area (Å²) in [4.78, 5) is 0. The summed E-state index contributed by atoms with van der Waals surface area (Å²) in [6.45, 7) is 26.2. The van der Waals surface area contributed by atoms with Gasteiger partial charge in [0.15, 0.2) is 0 Å². The first-order chi connectivity index (χ1) is 27.7. The van der Waals surface area contributed by atoms with E-state index in [1.807, 2.05) is 0 Å². The zero-order chi connectivity index (χ0) is 43.3. The molecular weight excluding hydrogens is 729 g/mol.